The first-order valence-electron chi connectivity index (χ1n) is 10.3. The van der Waals surface area contributed by atoms with Crippen molar-refractivity contribution in [3.63, 3.8) is 0 Å². The number of ether oxygens (including phenoxy) is 1. The van der Waals surface area contributed by atoms with Crippen molar-refractivity contribution in [2.45, 2.75) is 44.6 Å². The zero-order valence-corrected chi connectivity index (χ0v) is 16.8. The van der Waals surface area contributed by atoms with Crippen molar-refractivity contribution in [1.29, 1.82) is 0 Å². The van der Waals surface area contributed by atoms with Crippen LogP contribution in [-0.2, 0) is 4.74 Å². The molecule has 0 bridgehead atoms. The van der Waals surface area contributed by atoms with Crippen molar-refractivity contribution in [3.05, 3.63) is 52.7 Å². The van der Waals surface area contributed by atoms with Gasteiger partial charge in [-0.25, -0.2) is 15.0 Å². The number of aromatic nitrogens is 5. The van der Waals surface area contributed by atoms with Crippen LogP contribution >= 0.6 is 0 Å². The topological polar surface area (TPSA) is 88.4 Å². The molecule has 8 heteroatoms. The van der Waals surface area contributed by atoms with Crippen molar-refractivity contribution < 1.29 is 4.74 Å². The van der Waals surface area contributed by atoms with Crippen LogP contribution in [0.1, 0.15) is 50.0 Å². The minimum absolute atomic E-state index is 0.0814. The molecule has 0 amide bonds. The second kappa shape index (κ2) is 7.26. The quantitative estimate of drug-likeness (QED) is 0.734. The summed E-state index contributed by atoms with van der Waals surface area (Å²) in [5.74, 6) is 2.58. The maximum atomic E-state index is 12.8. The molecule has 2 aliphatic heterocycles. The SMILES string of the molecule is CC1[C@@H](c2cn3c(C4CCOCC4)ncc3c(=O)[nH]2)[C@H](C)CN1c1ncccn1. The molecule has 2 aliphatic rings. The summed E-state index contributed by atoms with van der Waals surface area (Å²) in [7, 11) is 0. The minimum atomic E-state index is -0.0814. The molecule has 1 unspecified atom stereocenters. The van der Waals surface area contributed by atoms with Crippen LogP contribution in [0.5, 0.6) is 0 Å². The molecular weight excluding hydrogens is 368 g/mol. The van der Waals surface area contributed by atoms with E-state index in [1.807, 2.05) is 10.5 Å². The number of aromatic amines is 1. The zero-order chi connectivity index (χ0) is 20.0. The maximum absolute atomic E-state index is 12.8. The molecule has 3 atom stereocenters. The number of imidazole rings is 1. The molecule has 5 heterocycles. The van der Waals surface area contributed by atoms with Gasteiger partial charge in [-0.15, -0.1) is 0 Å². The Morgan fingerprint density at radius 3 is 2.66 bits per heavy atom. The molecule has 0 spiro atoms. The highest BCUT2D eigenvalue weighted by atomic mass is 16.5. The predicted molar refractivity (Wildman–Crippen MR) is 109 cm³/mol. The Labute approximate surface area is 169 Å². The third kappa shape index (κ3) is 3.11. The van der Waals surface area contributed by atoms with Gasteiger partial charge < -0.3 is 14.6 Å². The van der Waals surface area contributed by atoms with Gasteiger partial charge in [0.1, 0.15) is 11.3 Å². The average molecular weight is 394 g/mol. The predicted octanol–water partition coefficient (Wildman–Crippen LogP) is 2.33. The lowest BCUT2D eigenvalue weighted by molar-refractivity contribution is 0.0835. The lowest BCUT2D eigenvalue weighted by Gasteiger charge is -2.25. The van der Waals surface area contributed by atoms with Crippen LogP contribution in [0, 0.1) is 5.92 Å². The third-order valence-electron chi connectivity index (χ3n) is 6.45. The summed E-state index contributed by atoms with van der Waals surface area (Å²) in [5.41, 5.74) is 1.48. The second-order valence-electron chi connectivity index (χ2n) is 8.24. The van der Waals surface area contributed by atoms with Gasteiger partial charge in [0.2, 0.25) is 5.95 Å². The van der Waals surface area contributed by atoms with E-state index in [4.69, 9.17) is 4.74 Å². The van der Waals surface area contributed by atoms with Crippen molar-refractivity contribution in [2.75, 3.05) is 24.7 Å². The molecule has 2 saturated heterocycles. The van der Waals surface area contributed by atoms with Gasteiger partial charge in [0, 0.05) is 61.9 Å². The second-order valence-corrected chi connectivity index (χ2v) is 8.24. The van der Waals surface area contributed by atoms with Gasteiger partial charge in [-0.2, -0.15) is 0 Å². The Morgan fingerprint density at radius 1 is 1.14 bits per heavy atom. The van der Waals surface area contributed by atoms with Crippen molar-refractivity contribution in [2.24, 2.45) is 5.92 Å². The molecule has 0 aliphatic carbocycles. The van der Waals surface area contributed by atoms with E-state index in [9.17, 15) is 4.79 Å². The molecule has 3 aromatic rings. The molecule has 152 valence electrons. The molecule has 0 saturated carbocycles. The van der Waals surface area contributed by atoms with E-state index in [-0.39, 0.29) is 17.5 Å². The van der Waals surface area contributed by atoms with Gasteiger partial charge >= 0.3 is 0 Å². The van der Waals surface area contributed by atoms with E-state index in [0.29, 0.717) is 17.4 Å². The van der Waals surface area contributed by atoms with Gasteiger partial charge in [-0.1, -0.05) is 6.92 Å². The highest BCUT2D eigenvalue weighted by Gasteiger charge is 2.39. The lowest BCUT2D eigenvalue weighted by atomic mass is 9.90. The number of hydrogen-bond acceptors (Lipinski definition) is 6. The van der Waals surface area contributed by atoms with Crippen LogP contribution in [0.15, 0.2) is 35.6 Å². The highest BCUT2D eigenvalue weighted by molar-refractivity contribution is 5.46. The van der Waals surface area contributed by atoms with Crippen LogP contribution in [0.4, 0.5) is 5.95 Å². The number of anilines is 1. The lowest BCUT2D eigenvalue weighted by Crippen LogP contribution is -2.31. The van der Waals surface area contributed by atoms with E-state index in [0.717, 1.165) is 50.1 Å². The summed E-state index contributed by atoms with van der Waals surface area (Å²) in [4.78, 5) is 31.7. The number of hydrogen-bond donors (Lipinski definition) is 1. The van der Waals surface area contributed by atoms with Crippen LogP contribution in [-0.4, -0.2) is 50.1 Å². The molecule has 5 rings (SSSR count). The molecule has 0 radical (unpaired) electrons. The number of nitrogens with one attached hydrogen (secondary N) is 1. The molecule has 3 aromatic heterocycles. The molecule has 29 heavy (non-hydrogen) atoms. The Kier molecular flexibility index (Phi) is 4.58. The third-order valence-corrected chi connectivity index (χ3v) is 6.45. The fraction of sp³-hybridized carbons (Fsp3) is 0.524. The summed E-state index contributed by atoms with van der Waals surface area (Å²) in [6.07, 6.45) is 9.20. The smallest absolute Gasteiger partial charge is 0.274 e. The summed E-state index contributed by atoms with van der Waals surface area (Å²) < 4.78 is 7.50. The summed E-state index contributed by atoms with van der Waals surface area (Å²) in [6.45, 7) is 6.75. The summed E-state index contributed by atoms with van der Waals surface area (Å²) in [5, 5.41) is 0. The molecule has 0 aromatic carbocycles. The molecule has 2 fully saturated rings. The molecular formula is C21H26N6O2. The Hall–Kier alpha value is -2.74. The van der Waals surface area contributed by atoms with Crippen LogP contribution in [0.3, 0.4) is 0 Å². The first-order valence-corrected chi connectivity index (χ1v) is 10.3. The Morgan fingerprint density at radius 2 is 1.90 bits per heavy atom. The van der Waals surface area contributed by atoms with E-state index >= 15 is 0 Å². The highest BCUT2D eigenvalue weighted by Crippen LogP contribution is 2.38. The first kappa shape index (κ1) is 18.3. The van der Waals surface area contributed by atoms with Gasteiger partial charge in [-0.05, 0) is 31.7 Å². The minimum Gasteiger partial charge on any atom is -0.381 e. The van der Waals surface area contributed by atoms with Gasteiger partial charge in [-0.3, -0.25) is 9.20 Å². The Bertz CT molecular complexity index is 1060. The number of H-pyrrole nitrogens is 1. The van der Waals surface area contributed by atoms with Crippen LogP contribution < -0.4 is 10.5 Å². The number of rotatable bonds is 3. The van der Waals surface area contributed by atoms with Crippen molar-refractivity contribution in [3.8, 4) is 0 Å². The first-order chi connectivity index (χ1) is 14.1. The van der Waals surface area contributed by atoms with E-state index < -0.39 is 0 Å². The van der Waals surface area contributed by atoms with Crippen molar-refractivity contribution >= 4 is 11.5 Å². The average Bonchev–Trinajstić information content (AvgIpc) is 3.30. The zero-order valence-electron chi connectivity index (χ0n) is 16.8. The van der Waals surface area contributed by atoms with Gasteiger partial charge in [0.25, 0.3) is 5.56 Å². The number of fused-ring (bicyclic) bond motifs is 1. The largest absolute Gasteiger partial charge is 0.381 e. The van der Waals surface area contributed by atoms with Crippen LogP contribution in [0.25, 0.3) is 5.52 Å². The Balaban J connectivity index is 1.53. The van der Waals surface area contributed by atoms with E-state index in [2.05, 4.69) is 44.9 Å². The number of nitrogens with zero attached hydrogens (tertiary/aromatic N) is 5. The van der Waals surface area contributed by atoms with E-state index in [1.54, 1.807) is 18.6 Å². The maximum Gasteiger partial charge on any atom is 0.274 e. The van der Waals surface area contributed by atoms with Gasteiger partial charge in [0.05, 0.1) is 6.20 Å². The molecule has 8 nitrogen and oxygen atoms in total. The van der Waals surface area contributed by atoms with Crippen molar-refractivity contribution in [1.82, 2.24) is 24.3 Å². The summed E-state index contributed by atoms with van der Waals surface area (Å²) >= 11 is 0. The van der Waals surface area contributed by atoms with Crippen LogP contribution in [0.2, 0.25) is 0 Å². The summed E-state index contributed by atoms with van der Waals surface area (Å²) in [6, 6.07) is 2.00. The van der Waals surface area contributed by atoms with E-state index in [1.165, 1.54) is 0 Å². The fourth-order valence-corrected chi connectivity index (χ4v) is 5.00. The molecule has 1 N–H and O–H groups in total. The monoisotopic (exact) mass is 394 g/mol. The fourth-order valence-electron chi connectivity index (χ4n) is 5.00. The van der Waals surface area contributed by atoms with Gasteiger partial charge in [0.15, 0.2) is 0 Å². The normalized spacial score (nSPS) is 25.7. The standard InChI is InChI=1S/C21H26N6O2/c1-13-11-26(21-22-6-3-7-23-21)14(2)18(13)16-12-27-17(20(28)25-16)10-24-19(27)15-4-8-29-9-5-15/h3,6-7,10,12-15,18H,4-5,8-9,11H2,1-2H3,(H,25,28)/t13-,14?,18+/m1/s1.